The average molecular weight is 462 g/mol. The summed E-state index contributed by atoms with van der Waals surface area (Å²) >= 11 is 1.49. The Balaban J connectivity index is 1.49. The Morgan fingerprint density at radius 2 is 1.82 bits per heavy atom. The van der Waals surface area contributed by atoms with Crippen molar-refractivity contribution in [3.05, 3.63) is 80.9 Å². The van der Waals surface area contributed by atoms with Gasteiger partial charge in [-0.25, -0.2) is 9.78 Å². The number of aliphatic hydroxyl groups is 1. The Morgan fingerprint density at radius 1 is 1.15 bits per heavy atom. The number of nitrogens with one attached hydrogen (secondary N) is 1. The van der Waals surface area contributed by atoms with Gasteiger partial charge in [0.25, 0.3) is 0 Å². The minimum absolute atomic E-state index is 0.154. The monoisotopic (exact) mass is 461 g/mol. The molecular weight excluding hydrogens is 434 g/mol. The lowest BCUT2D eigenvalue weighted by Crippen LogP contribution is -2.26. The first-order valence-corrected chi connectivity index (χ1v) is 11.7. The van der Waals surface area contributed by atoms with Crippen molar-refractivity contribution in [3.63, 3.8) is 0 Å². The van der Waals surface area contributed by atoms with E-state index in [1.807, 2.05) is 52.0 Å². The van der Waals surface area contributed by atoms with Gasteiger partial charge in [-0.1, -0.05) is 42.0 Å². The SMILES string of the molecule is Cc1ccc(-c2nc(C3=C(O)CN(Cc4ccc(C(=O)OC(C)C)cc4)C3=N)sc2C)cc1. The molecule has 0 spiro atoms. The van der Waals surface area contributed by atoms with Crippen LogP contribution >= 0.6 is 11.3 Å². The van der Waals surface area contributed by atoms with Gasteiger partial charge in [0.05, 0.1) is 29.5 Å². The Bertz CT molecular complexity index is 1220. The maximum atomic E-state index is 12.0. The lowest BCUT2D eigenvalue weighted by molar-refractivity contribution is 0.0378. The number of aliphatic hydroxyl groups excluding tert-OH is 1. The van der Waals surface area contributed by atoms with E-state index in [2.05, 4.69) is 12.1 Å². The third-order valence-electron chi connectivity index (χ3n) is 5.42. The number of carbonyl (C=O) groups excluding carboxylic acids is 1. The van der Waals surface area contributed by atoms with Gasteiger partial charge in [0.1, 0.15) is 16.6 Å². The zero-order valence-corrected chi connectivity index (χ0v) is 20.0. The summed E-state index contributed by atoms with van der Waals surface area (Å²) < 4.78 is 5.22. The Morgan fingerprint density at radius 3 is 2.45 bits per heavy atom. The second-order valence-electron chi connectivity index (χ2n) is 8.47. The summed E-state index contributed by atoms with van der Waals surface area (Å²) in [6, 6.07) is 15.3. The fourth-order valence-corrected chi connectivity index (χ4v) is 4.73. The normalized spacial score (nSPS) is 13.8. The van der Waals surface area contributed by atoms with Crippen molar-refractivity contribution in [1.82, 2.24) is 9.88 Å². The van der Waals surface area contributed by atoms with E-state index in [1.165, 1.54) is 16.9 Å². The molecule has 0 saturated carbocycles. The van der Waals surface area contributed by atoms with Gasteiger partial charge in [-0.15, -0.1) is 11.3 Å². The molecule has 0 fully saturated rings. The van der Waals surface area contributed by atoms with Crippen LogP contribution in [0.2, 0.25) is 0 Å². The number of esters is 1. The second-order valence-corrected chi connectivity index (χ2v) is 9.67. The topological polar surface area (TPSA) is 86.5 Å². The number of aryl methyl sites for hydroxylation is 2. The molecule has 6 nitrogen and oxygen atoms in total. The molecule has 7 heteroatoms. The Hall–Kier alpha value is -3.45. The van der Waals surface area contributed by atoms with Crippen LogP contribution in [0.3, 0.4) is 0 Å². The molecule has 0 atom stereocenters. The molecule has 0 saturated heterocycles. The van der Waals surface area contributed by atoms with Gasteiger partial charge >= 0.3 is 5.97 Å². The molecule has 1 aliphatic heterocycles. The molecule has 2 aromatic carbocycles. The number of ether oxygens (including phenoxy) is 1. The summed E-state index contributed by atoms with van der Waals surface area (Å²) in [5, 5.41) is 20.0. The molecule has 1 aliphatic rings. The molecule has 0 bridgehead atoms. The van der Waals surface area contributed by atoms with Gasteiger partial charge in [0.15, 0.2) is 0 Å². The predicted octanol–water partition coefficient (Wildman–Crippen LogP) is 5.75. The fourth-order valence-electron chi connectivity index (χ4n) is 3.72. The third-order valence-corrected chi connectivity index (χ3v) is 6.41. The molecule has 4 rings (SSSR count). The van der Waals surface area contributed by atoms with Gasteiger partial charge < -0.3 is 14.7 Å². The molecule has 1 aromatic heterocycles. The van der Waals surface area contributed by atoms with Crippen molar-refractivity contribution in [3.8, 4) is 11.3 Å². The zero-order chi connectivity index (χ0) is 23.7. The van der Waals surface area contributed by atoms with Crippen LogP contribution in [0.4, 0.5) is 0 Å². The summed E-state index contributed by atoms with van der Waals surface area (Å²) in [6.07, 6.45) is -0.171. The van der Waals surface area contributed by atoms with Gasteiger partial charge in [0.2, 0.25) is 0 Å². The molecule has 170 valence electrons. The van der Waals surface area contributed by atoms with Crippen LogP contribution in [-0.2, 0) is 11.3 Å². The smallest absolute Gasteiger partial charge is 0.338 e. The number of benzene rings is 2. The highest BCUT2D eigenvalue weighted by Crippen LogP contribution is 2.35. The third kappa shape index (κ3) is 4.83. The van der Waals surface area contributed by atoms with Crippen molar-refractivity contribution >= 4 is 28.7 Å². The number of hydrogen-bond acceptors (Lipinski definition) is 6. The molecule has 2 N–H and O–H groups in total. The highest BCUT2D eigenvalue weighted by atomic mass is 32.1. The van der Waals surface area contributed by atoms with E-state index >= 15 is 0 Å². The van der Waals surface area contributed by atoms with Crippen LogP contribution in [0, 0.1) is 19.3 Å². The molecule has 0 unspecified atom stereocenters. The van der Waals surface area contributed by atoms with Crippen molar-refractivity contribution in [2.75, 3.05) is 6.54 Å². The van der Waals surface area contributed by atoms with E-state index < -0.39 is 0 Å². The van der Waals surface area contributed by atoms with Gasteiger partial charge in [0, 0.05) is 17.0 Å². The summed E-state index contributed by atoms with van der Waals surface area (Å²) in [5.74, 6) is 0.0527. The summed E-state index contributed by atoms with van der Waals surface area (Å²) in [6.45, 7) is 8.39. The lowest BCUT2D eigenvalue weighted by atomic mass is 10.1. The number of thiazole rings is 1. The van der Waals surface area contributed by atoms with Crippen LogP contribution in [-0.4, -0.2) is 39.4 Å². The van der Waals surface area contributed by atoms with Crippen molar-refractivity contribution in [2.24, 2.45) is 0 Å². The van der Waals surface area contributed by atoms with E-state index in [0.29, 0.717) is 22.7 Å². The quantitative estimate of drug-likeness (QED) is 0.456. The van der Waals surface area contributed by atoms with E-state index in [4.69, 9.17) is 15.1 Å². The van der Waals surface area contributed by atoms with Crippen LogP contribution in [0.25, 0.3) is 16.8 Å². The van der Waals surface area contributed by atoms with Crippen LogP contribution in [0.15, 0.2) is 54.3 Å². The standard InChI is InChI=1S/C26H27N3O3S/c1-15(2)32-26(31)20-11-7-18(8-12-20)13-29-14-21(30)22(24(29)27)25-28-23(17(4)33-25)19-9-5-16(3)6-10-19/h5-12,15,27,30H,13-14H2,1-4H3. The summed E-state index contributed by atoms with van der Waals surface area (Å²) in [7, 11) is 0. The Kier molecular flexibility index (Phi) is 6.33. The van der Waals surface area contributed by atoms with Crippen molar-refractivity contribution < 1.29 is 14.6 Å². The molecule has 2 heterocycles. The van der Waals surface area contributed by atoms with Gasteiger partial charge in [-0.05, 0) is 45.4 Å². The highest BCUT2D eigenvalue weighted by Gasteiger charge is 2.31. The second kappa shape index (κ2) is 9.19. The predicted molar refractivity (Wildman–Crippen MR) is 132 cm³/mol. The first-order chi connectivity index (χ1) is 15.7. The van der Waals surface area contributed by atoms with Crippen LogP contribution in [0.1, 0.15) is 45.2 Å². The number of carbonyl (C=O) groups is 1. The number of nitrogens with zero attached hydrogens (tertiary/aromatic N) is 2. The maximum absolute atomic E-state index is 12.0. The molecule has 0 aliphatic carbocycles. The lowest BCUT2D eigenvalue weighted by Gasteiger charge is -2.18. The molecule has 0 amide bonds. The van der Waals surface area contributed by atoms with Crippen LogP contribution in [0.5, 0.6) is 0 Å². The average Bonchev–Trinajstić information content (AvgIpc) is 3.27. The maximum Gasteiger partial charge on any atom is 0.338 e. The minimum Gasteiger partial charge on any atom is -0.510 e. The Labute approximate surface area is 197 Å². The number of hydrogen-bond donors (Lipinski definition) is 2. The first-order valence-electron chi connectivity index (χ1n) is 10.8. The summed E-state index contributed by atoms with van der Waals surface area (Å²) in [4.78, 5) is 19.7. The molecule has 33 heavy (non-hydrogen) atoms. The zero-order valence-electron chi connectivity index (χ0n) is 19.2. The highest BCUT2D eigenvalue weighted by molar-refractivity contribution is 7.13. The fraction of sp³-hybridized carbons (Fsp3) is 0.269. The van der Waals surface area contributed by atoms with Crippen LogP contribution < -0.4 is 0 Å². The van der Waals surface area contributed by atoms with E-state index in [0.717, 1.165) is 21.7 Å². The van der Waals surface area contributed by atoms with Crippen molar-refractivity contribution in [1.29, 1.82) is 5.41 Å². The van der Waals surface area contributed by atoms with Gasteiger partial charge in [-0.2, -0.15) is 0 Å². The van der Waals surface area contributed by atoms with Crippen molar-refractivity contribution in [2.45, 2.75) is 40.3 Å². The molecule has 3 aromatic rings. The van der Waals surface area contributed by atoms with E-state index in [-0.39, 0.29) is 30.2 Å². The minimum atomic E-state index is -0.351. The summed E-state index contributed by atoms with van der Waals surface area (Å²) in [5.41, 5.74) is 5.01. The number of amidine groups is 1. The van der Waals surface area contributed by atoms with Gasteiger partial charge in [-0.3, -0.25) is 5.41 Å². The number of rotatable bonds is 6. The first kappa shape index (κ1) is 22.7. The molecular formula is C26H27N3O3S. The number of aromatic nitrogens is 1. The molecule has 0 radical (unpaired) electrons. The van der Waals surface area contributed by atoms with E-state index in [1.54, 1.807) is 17.0 Å². The largest absolute Gasteiger partial charge is 0.510 e. The van der Waals surface area contributed by atoms with E-state index in [9.17, 15) is 9.90 Å².